The summed E-state index contributed by atoms with van der Waals surface area (Å²) in [7, 11) is 0. The molecule has 0 aliphatic heterocycles. The summed E-state index contributed by atoms with van der Waals surface area (Å²) >= 11 is 0. The highest BCUT2D eigenvalue weighted by Gasteiger charge is 2.05. The minimum Gasteiger partial charge on any atom is -0.397 e. The van der Waals surface area contributed by atoms with Crippen LogP contribution in [0.25, 0.3) is 0 Å². The van der Waals surface area contributed by atoms with Crippen LogP contribution in [0.15, 0.2) is 35.9 Å². The number of amides is 1. The van der Waals surface area contributed by atoms with Gasteiger partial charge in [0.1, 0.15) is 0 Å². The molecule has 0 radical (unpaired) electrons. The summed E-state index contributed by atoms with van der Waals surface area (Å²) in [6.07, 6.45) is 2.73. The van der Waals surface area contributed by atoms with Gasteiger partial charge in [-0.25, -0.2) is 0 Å². The lowest BCUT2D eigenvalue weighted by Crippen LogP contribution is -2.13. The van der Waals surface area contributed by atoms with Crippen molar-refractivity contribution in [2.24, 2.45) is 0 Å². The first-order chi connectivity index (χ1) is 7.15. The van der Waals surface area contributed by atoms with Crippen LogP contribution in [-0.4, -0.2) is 5.91 Å². The van der Waals surface area contributed by atoms with Crippen LogP contribution >= 0.6 is 0 Å². The Kier molecular flexibility index (Phi) is 3.92. The van der Waals surface area contributed by atoms with E-state index in [0.29, 0.717) is 16.9 Å². The number of nitrogens with two attached hydrogens (primary N) is 1. The maximum Gasteiger partial charge on any atom is 0.251 e. The molecule has 1 rings (SSSR count). The van der Waals surface area contributed by atoms with Gasteiger partial charge in [0, 0.05) is 5.57 Å². The number of nitrogens with one attached hydrogen (secondary N) is 1. The predicted octanol–water partition coefficient (Wildman–Crippen LogP) is 2.56. The fourth-order valence-corrected chi connectivity index (χ4v) is 1.23. The van der Waals surface area contributed by atoms with Crippen molar-refractivity contribution < 1.29 is 4.79 Å². The van der Waals surface area contributed by atoms with Crippen molar-refractivity contribution in [3.8, 4) is 0 Å². The van der Waals surface area contributed by atoms with E-state index in [9.17, 15) is 4.79 Å². The lowest BCUT2D eigenvalue weighted by atomic mass is 10.2. The maximum atomic E-state index is 11.6. The monoisotopic (exact) mass is 204 g/mol. The van der Waals surface area contributed by atoms with Crippen molar-refractivity contribution in [2.45, 2.75) is 20.3 Å². The van der Waals surface area contributed by atoms with Crippen LogP contribution in [0.5, 0.6) is 0 Å². The van der Waals surface area contributed by atoms with Crippen LogP contribution in [0.1, 0.15) is 20.3 Å². The van der Waals surface area contributed by atoms with E-state index in [1.165, 1.54) is 0 Å². The van der Waals surface area contributed by atoms with Gasteiger partial charge in [0.2, 0.25) is 0 Å². The topological polar surface area (TPSA) is 55.1 Å². The number of benzene rings is 1. The molecule has 0 heterocycles. The Bertz CT molecular complexity index is 383. The zero-order valence-corrected chi connectivity index (χ0v) is 9.08. The van der Waals surface area contributed by atoms with Crippen molar-refractivity contribution >= 4 is 17.3 Å². The Hall–Kier alpha value is -1.77. The van der Waals surface area contributed by atoms with Crippen LogP contribution < -0.4 is 11.1 Å². The molecule has 0 saturated carbocycles. The van der Waals surface area contributed by atoms with Gasteiger partial charge < -0.3 is 11.1 Å². The van der Waals surface area contributed by atoms with Gasteiger partial charge in [-0.15, -0.1) is 0 Å². The molecule has 1 aromatic rings. The van der Waals surface area contributed by atoms with Crippen LogP contribution in [0.2, 0.25) is 0 Å². The van der Waals surface area contributed by atoms with Gasteiger partial charge in [-0.05, 0) is 25.5 Å². The first kappa shape index (κ1) is 11.3. The van der Waals surface area contributed by atoms with E-state index in [0.717, 1.165) is 6.42 Å². The molecule has 3 heteroatoms. The number of carbonyl (C=O) groups excluding carboxylic acids is 1. The lowest BCUT2D eigenvalue weighted by molar-refractivity contribution is -0.112. The van der Waals surface area contributed by atoms with Crippen molar-refractivity contribution in [1.29, 1.82) is 0 Å². The zero-order valence-electron chi connectivity index (χ0n) is 9.08. The Balaban J connectivity index is 2.75. The summed E-state index contributed by atoms with van der Waals surface area (Å²) in [6.45, 7) is 3.78. The second-order valence-corrected chi connectivity index (χ2v) is 3.34. The minimum atomic E-state index is -0.102. The highest BCUT2D eigenvalue weighted by Crippen LogP contribution is 2.17. The summed E-state index contributed by atoms with van der Waals surface area (Å²) in [6, 6.07) is 7.21. The fraction of sp³-hybridized carbons (Fsp3) is 0.250. The third-order valence-electron chi connectivity index (χ3n) is 2.08. The van der Waals surface area contributed by atoms with Gasteiger partial charge in [0.25, 0.3) is 5.91 Å². The number of allylic oxidation sites excluding steroid dienone is 1. The summed E-state index contributed by atoms with van der Waals surface area (Å²) in [4.78, 5) is 11.6. The number of hydrogen-bond donors (Lipinski definition) is 2. The van der Waals surface area contributed by atoms with Crippen molar-refractivity contribution in [1.82, 2.24) is 0 Å². The second kappa shape index (κ2) is 5.20. The van der Waals surface area contributed by atoms with Crippen LogP contribution in [0, 0.1) is 0 Å². The number of hydrogen-bond acceptors (Lipinski definition) is 2. The van der Waals surface area contributed by atoms with Crippen molar-refractivity contribution in [3.63, 3.8) is 0 Å². The van der Waals surface area contributed by atoms with Crippen LogP contribution in [0.3, 0.4) is 0 Å². The average molecular weight is 204 g/mol. The minimum absolute atomic E-state index is 0.102. The first-order valence-corrected chi connectivity index (χ1v) is 4.97. The van der Waals surface area contributed by atoms with E-state index in [2.05, 4.69) is 5.32 Å². The molecule has 0 unspecified atom stereocenters. The van der Waals surface area contributed by atoms with E-state index < -0.39 is 0 Å². The quantitative estimate of drug-likeness (QED) is 0.587. The smallest absolute Gasteiger partial charge is 0.251 e. The molecule has 3 nitrogen and oxygen atoms in total. The molecule has 0 saturated heterocycles. The number of para-hydroxylation sites is 2. The van der Waals surface area contributed by atoms with Crippen LogP contribution in [0.4, 0.5) is 11.4 Å². The third-order valence-corrected chi connectivity index (χ3v) is 2.08. The molecule has 0 atom stereocenters. The molecule has 0 aromatic heterocycles. The van der Waals surface area contributed by atoms with Gasteiger partial charge in [-0.3, -0.25) is 4.79 Å². The summed E-state index contributed by atoms with van der Waals surface area (Å²) < 4.78 is 0. The predicted molar refractivity (Wildman–Crippen MR) is 63.5 cm³/mol. The molecule has 3 N–H and O–H groups in total. The molecule has 0 spiro atoms. The highest BCUT2D eigenvalue weighted by molar-refractivity contribution is 6.04. The summed E-state index contributed by atoms with van der Waals surface area (Å²) in [5, 5.41) is 2.76. The van der Waals surface area contributed by atoms with E-state index >= 15 is 0 Å². The van der Waals surface area contributed by atoms with E-state index in [1.807, 2.05) is 25.1 Å². The van der Waals surface area contributed by atoms with Gasteiger partial charge in [-0.2, -0.15) is 0 Å². The Morgan fingerprint density at radius 3 is 2.73 bits per heavy atom. The lowest BCUT2D eigenvalue weighted by Gasteiger charge is -2.07. The van der Waals surface area contributed by atoms with Crippen molar-refractivity contribution in [2.75, 3.05) is 11.1 Å². The third kappa shape index (κ3) is 3.13. The molecule has 0 aliphatic rings. The van der Waals surface area contributed by atoms with E-state index in [4.69, 9.17) is 5.73 Å². The molecule has 15 heavy (non-hydrogen) atoms. The van der Waals surface area contributed by atoms with Gasteiger partial charge in [0.15, 0.2) is 0 Å². The Morgan fingerprint density at radius 1 is 1.47 bits per heavy atom. The molecule has 1 amide bonds. The van der Waals surface area contributed by atoms with Crippen LogP contribution in [-0.2, 0) is 4.79 Å². The average Bonchev–Trinajstić information content (AvgIpc) is 2.21. The molecular formula is C12H16N2O. The van der Waals surface area contributed by atoms with E-state index in [-0.39, 0.29) is 5.91 Å². The van der Waals surface area contributed by atoms with Gasteiger partial charge in [-0.1, -0.05) is 25.1 Å². The highest BCUT2D eigenvalue weighted by atomic mass is 16.1. The van der Waals surface area contributed by atoms with Gasteiger partial charge in [0.05, 0.1) is 11.4 Å². The number of rotatable bonds is 3. The Labute approximate surface area is 90.0 Å². The number of carbonyl (C=O) groups is 1. The molecule has 1 aromatic carbocycles. The normalized spacial score (nSPS) is 11.2. The molecule has 0 aliphatic carbocycles. The Morgan fingerprint density at radius 2 is 2.13 bits per heavy atom. The van der Waals surface area contributed by atoms with E-state index in [1.54, 1.807) is 19.1 Å². The first-order valence-electron chi connectivity index (χ1n) is 4.97. The summed E-state index contributed by atoms with van der Waals surface area (Å²) in [5.41, 5.74) is 7.66. The zero-order chi connectivity index (χ0) is 11.3. The number of nitrogen functional groups attached to an aromatic ring is 1. The molecule has 0 fully saturated rings. The largest absolute Gasteiger partial charge is 0.397 e. The summed E-state index contributed by atoms with van der Waals surface area (Å²) in [5.74, 6) is -0.102. The maximum absolute atomic E-state index is 11.6. The fourth-order valence-electron chi connectivity index (χ4n) is 1.23. The van der Waals surface area contributed by atoms with Gasteiger partial charge >= 0.3 is 0 Å². The molecule has 80 valence electrons. The number of anilines is 2. The second-order valence-electron chi connectivity index (χ2n) is 3.34. The standard InChI is InChI=1S/C12H16N2O/c1-3-6-9(2)12(15)14-11-8-5-4-7-10(11)13/h4-8H,3,13H2,1-2H3,(H,14,15)/b9-6+. The SMILES string of the molecule is CC/C=C(\C)C(=O)Nc1ccccc1N. The van der Waals surface area contributed by atoms with Crippen molar-refractivity contribution in [3.05, 3.63) is 35.9 Å². The molecular weight excluding hydrogens is 188 g/mol. The molecule has 0 bridgehead atoms.